The number of carbonyl (C=O) groups is 2. The standard InChI is InChI=1S/2C15H19N3O4/c2*1-9(19)10(2)22-13-7-11(6-12(20)8-13)15(21)16-14-4-5-18(3)17-14/h2*4-10,19-20H,1-3H3,(H,16,17,21)/t2*9-,10-/m10/s1. The number of aryl methyl sites for hydroxylation is 2. The van der Waals surface area contributed by atoms with Gasteiger partial charge in [-0.15, -0.1) is 0 Å². The number of hydrogen-bond donors (Lipinski definition) is 6. The number of benzene rings is 2. The lowest BCUT2D eigenvalue weighted by molar-refractivity contribution is 0.0602. The van der Waals surface area contributed by atoms with Crippen LogP contribution in [0.3, 0.4) is 0 Å². The van der Waals surface area contributed by atoms with Crippen molar-refractivity contribution in [2.75, 3.05) is 10.6 Å². The summed E-state index contributed by atoms with van der Waals surface area (Å²) in [5.41, 5.74) is 0.469. The Morgan fingerprint density at radius 2 is 1.05 bits per heavy atom. The molecule has 0 radical (unpaired) electrons. The van der Waals surface area contributed by atoms with Crippen LogP contribution in [0, 0.1) is 0 Å². The van der Waals surface area contributed by atoms with Crippen molar-refractivity contribution < 1.29 is 39.5 Å². The van der Waals surface area contributed by atoms with Crippen molar-refractivity contribution >= 4 is 23.5 Å². The van der Waals surface area contributed by atoms with Gasteiger partial charge < -0.3 is 40.5 Å². The van der Waals surface area contributed by atoms with Crippen LogP contribution in [0.25, 0.3) is 0 Å². The fourth-order valence-electron chi connectivity index (χ4n) is 3.53. The zero-order valence-electron chi connectivity index (χ0n) is 25.3. The van der Waals surface area contributed by atoms with Gasteiger partial charge in [-0.05, 0) is 52.0 Å². The summed E-state index contributed by atoms with van der Waals surface area (Å²) in [6, 6.07) is 11.7. The van der Waals surface area contributed by atoms with Crippen molar-refractivity contribution in [3.63, 3.8) is 0 Å². The van der Waals surface area contributed by atoms with Gasteiger partial charge in [-0.2, -0.15) is 10.2 Å². The van der Waals surface area contributed by atoms with E-state index in [9.17, 15) is 30.0 Å². The van der Waals surface area contributed by atoms with Gasteiger partial charge in [0.2, 0.25) is 0 Å². The summed E-state index contributed by atoms with van der Waals surface area (Å²) in [5, 5.41) is 51.7. The molecular weight excluding hydrogens is 572 g/mol. The molecule has 44 heavy (non-hydrogen) atoms. The maximum Gasteiger partial charge on any atom is 0.257 e. The summed E-state index contributed by atoms with van der Waals surface area (Å²) in [7, 11) is 3.49. The van der Waals surface area contributed by atoms with E-state index >= 15 is 0 Å². The van der Waals surface area contributed by atoms with E-state index in [2.05, 4.69) is 20.8 Å². The predicted molar refractivity (Wildman–Crippen MR) is 162 cm³/mol. The van der Waals surface area contributed by atoms with Gasteiger partial charge in [-0.1, -0.05) is 0 Å². The Morgan fingerprint density at radius 3 is 1.34 bits per heavy atom. The molecule has 0 saturated heterocycles. The van der Waals surface area contributed by atoms with Gasteiger partial charge in [0.1, 0.15) is 35.2 Å². The third kappa shape index (κ3) is 10.0. The maximum absolute atomic E-state index is 12.2. The van der Waals surface area contributed by atoms with Crippen LogP contribution in [0.5, 0.6) is 23.0 Å². The van der Waals surface area contributed by atoms with Crippen LogP contribution < -0.4 is 20.1 Å². The number of aromatic hydroxyl groups is 2. The number of phenols is 2. The Labute approximate surface area is 254 Å². The highest BCUT2D eigenvalue weighted by Gasteiger charge is 2.16. The quantitative estimate of drug-likeness (QED) is 0.155. The number of carbonyl (C=O) groups excluding carboxylic acids is 2. The van der Waals surface area contributed by atoms with Gasteiger partial charge in [0.05, 0.1) is 12.2 Å². The van der Waals surface area contributed by atoms with Gasteiger partial charge in [0.25, 0.3) is 11.8 Å². The molecule has 0 aliphatic carbocycles. The van der Waals surface area contributed by atoms with E-state index < -0.39 is 36.2 Å². The summed E-state index contributed by atoms with van der Waals surface area (Å²) < 4.78 is 14.1. The molecule has 2 heterocycles. The van der Waals surface area contributed by atoms with Crippen LogP contribution in [0.2, 0.25) is 0 Å². The van der Waals surface area contributed by atoms with Gasteiger partial charge >= 0.3 is 0 Å². The molecule has 236 valence electrons. The average Bonchev–Trinajstić information content (AvgIpc) is 3.54. The van der Waals surface area contributed by atoms with E-state index in [1.54, 1.807) is 75.7 Å². The first-order valence-corrected chi connectivity index (χ1v) is 13.7. The molecule has 4 rings (SSSR count). The van der Waals surface area contributed by atoms with Crippen molar-refractivity contribution in [2.45, 2.75) is 52.1 Å². The number of aliphatic hydroxyl groups is 2. The highest BCUT2D eigenvalue weighted by atomic mass is 16.5. The number of hydrogen-bond acceptors (Lipinski definition) is 10. The molecule has 4 atom stereocenters. The first kappa shape index (κ1) is 33.4. The minimum absolute atomic E-state index is 0.0959. The Morgan fingerprint density at radius 1 is 0.682 bits per heavy atom. The van der Waals surface area contributed by atoms with E-state index in [4.69, 9.17) is 9.47 Å². The molecule has 2 aromatic heterocycles. The molecular formula is C30H38N6O8. The molecule has 0 spiro atoms. The van der Waals surface area contributed by atoms with E-state index in [1.807, 2.05) is 0 Å². The van der Waals surface area contributed by atoms with Crippen molar-refractivity contribution in [3.8, 4) is 23.0 Å². The predicted octanol–water partition coefficient (Wildman–Crippen LogP) is 3.05. The molecule has 2 aromatic carbocycles. The summed E-state index contributed by atoms with van der Waals surface area (Å²) in [6.45, 7) is 6.59. The number of aliphatic hydroxyl groups excluding tert-OH is 2. The Hall–Kier alpha value is -5.08. The molecule has 0 saturated carbocycles. The van der Waals surface area contributed by atoms with E-state index in [-0.39, 0.29) is 22.6 Å². The SMILES string of the molecule is C[C@@H](O)[C@@H](C)Oc1cc(O)cc(C(=O)Nc2ccn(C)n2)c1.C[C@H](O)[C@H](C)Oc1cc(O)cc(C(=O)Nc2ccn(C)n2)c1. The molecule has 14 nitrogen and oxygen atoms in total. The molecule has 0 aliphatic heterocycles. The highest BCUT2D eigenvalue weighted by Crippen LogP contribution is 2.25. The topological polar surface area (TPSA) is 193 Å². The van der Waals surface area contributed by atoms with Crippen LogP contribution >= 0.6 is 0 Å². The van der Waals surface area contributed by atoms with Crippen LogP contribution in [-0.4, -0.2) is 76.2 Å². The van der Waals surface area contributed by atoms with Crippen molar-refractivity contribution in [1.29, 1.82) is 0 Å². The van der Waals surface area contributed by atoms with Gasteiger partial charge in [-0.3, -0.25) is 19.0 Å². The number of aromatic nitrogens is 4. The smallest absolute Gasteiger partial charge is 0.257 e. The van der Waals surface area contributed by atoms with Crippen molar-refractivity contribution in [1.82, 2.24) is 19.6 Å². The maximum atomic E-state index is 12.2. The molecule has 4 aromatic rings. The number of ether oxygens (including phenoxy) is 2. The minimum Gasteiger partial charge on any atom is -0.508 e. The third-order valence-corrected chi connectivity index (χ3v) is 6.22. The number of anilines is 2. The Balaban J connectivity index is 0.000000240. The average molecular weight is 611 g/mol. The largest absolute Gasteiger partial charge is 0.508 e. The normalized spacial score (nSPS) is 13.5. The molecule has 2 amide bonds. The summed E-state index contributed by atoms with van der Waals surface area (Å²) in [5.74, 6) is 0.418. The number of nitrogens with one attached hydrogen (secondary N) is 2. The Kier molecular flexibility index (Phi) is 11.3. The number of nitrogens with zero attached hydrogens (tertiary/aromatic N) is 4. The molecule has 14 heteroatoms. The molecule has 0 unspecified atom stereocenters. The van der Waals surface area contributed by atoms with Crippen LogP contribution in [-0.2, 0) is 14.1 Å². The highest BCUT2D eigenvalue weighted by molar-refractivity contribution is 6.04. The van der Waals surface area contributed by atoms with E-state index in [0.29, 0.717) is 23.1 Å². The lowest BCUT2D eigenvalue weighted by Crippen LogP contribution is -2.25. The number of phenolic OH excluding ortho intramolecular Hbond substituents is 2. The molecule has 0 bridgehead atoms. The molecule has 6 N–H and O–H groups in total. The van der Waals surface area contributed by atoms with E-state index in [0.717, 1.165) is 0 Å². The second-order valence-corrected chi connectivity index (χ2v) is 10.2. The zero-order valence-corrected chi connectivity index (χ0v) is 25.3. The molecule has 0 aliphatic rings. The lowest BCUT2D eigenvalue weighted by Gasteiger charge is -2.17. The lowest BCUT2D eigenvalue weighted by atomic mass is 10.2. The Bertz CT molecular complexity index is 1450. The van der Waals surface area contributed by atoms with E-state index in [1.165, 1.54) is 36.4 Å². The van der Waals surface area contributed by atoms with Gasteiger partial charge in [-0.25, -0.2) is 0 Å². The number of rotatable bonds is 10. The van der Waals surface area contributed by atoms with Crippen LogP contribution in [0.1, 0.15) is 48.4 Å². The van der Waals surface area contributed by atoms with Gasteiger partial charge in [0.15, 0.2) is 11.6 Å². The molecule has 0 fully saturated rings. The van der Waals surface area contributed by atoms with Crippen molar-refractivity contribution in [3.05, 3.63) is 72.1 Å². The van der Waals surface area contributed by atoms with Crippen LogP contribution in [0.4, 0.5) is 11.6 Å². The third-order valence-electron chi connectivity index (χ3n) is 6.22. The summed E-state index contributed by atoms with van der Waals surface area (Å²) in [4.78, 5) is 24.3. The number of amides is 2. The second kappa shape index (κ2) is 14.9. The summed E-state index contributed by atoms with van der Waals surface area (Å²) in [6.07, 6.45) is 1.14. The van der Waals surface area contributed by atoms with Gasteiger partial charge in [0, 0.05) is 61.9 Å². The van der Waals surface area contributed by atoms with Crippen molar-refractivity contribution in [2.24, 2.45) is 14.1 Å². The second-order valence-electron chi connectivity index (χ2n) is 10.2. The monoisotopic (exact) mass is 610 g/mol. The first-order chi connectivity index (χ1) is 20.7. The fourth-order valence-corrected chi connectivity index (χ4v) is 3.53. The minimum atomic E-state index is -0.673. The fraction of sp³-hybridized carbons (Fsp3) is 0.333. The summed E-state index contributed by atoms with van der Waals surface area (Å²) >= 11 is 0. The first-order valence-electron chi connectivity index (χ1n) is 13.7. The zero-order chi connectivity index (χ0) is 32.6. The van der Waals surface area contributed by atoms with Crippen LogP contribution in [0.15, 0.2) is 60.9 Å².